The van der Waals surface area contributed by atoms with Crippen LogP contribution in [0, 0.1) is 24.5 Å². The summed E-state index contributed by atoms with van der Waals surface area (Å²) in [4.78, 5) is 32.6. The standard InChI is InChI=1S/C27H28F2N4O3/c1-16-6-8-33-22(14-19-15-31(9-10-36-19)27(35)17-4-5-17)26(30-23(33)11-16)25-20(28)12-18(13-21(25)29)32-7-2-3-24(32)34/h6,8,11-13,17,19H,2-5,7,9-10,14-15H2,1H3. The normalized spacial score (nSPS) is 20.5. The predicted molar refractivity (Wildman–Crippen MR) is 130 cm³/mol. The van der Waals surface area contributed by atoms with Crippen LogP contribution in [0.3, 0.4) is 0 Å². The maximum Gasteiger partial charge on any atom is 0.227 e. The van der Waals surface area contributed by atoms with Gasteiger partial charge in [0.05, 0.1) is 29.7 Å². The number of pyridine rings is 1. The van der Waals surface area contributed by atoms with Crippen LogP contribution in [0.5, 0.6) is 0 Å². The van der Waals surface area contributed by atoms with E-state index < -0.39 is 11.6 Å². The summed E-state index contributed by atoms with van der Waals surface area (Å²) in [6.07, 6.45) is 4.81. The lowest BCUT2D eigenvalue weighted by molar-refractivity contribution is -0.140. The second kappa shape index (κ2) is 8.96. The molecule has 2 saturated heterocycles. The zero-order chi connectivity index (χ0) is 25.0. The van der Waals surface area contributed by atoms with Crippen molar-refractivity contribution in [3.63, 3.8) is 0 Å². The molecule has 9 heteroatoms. The molecule has 7 nitrogen and oxygen atoms in total. The number of amides is 2. The Morgan fingerprint density at radius 1 is 1.17 bits per heavy atom. The quantitative estimate of drug-likeness (QED) is 0.540. The van der Waals surface area contributed by atoms with E-state index in [-0.39, 0.29) is 40.8 Å². The highest BCUT2D eigenvalue weighted by Gasteiger charge is 2.36. The number of hydrogen-bond acceptors (Lipinski definition) is 4. The lowest BCUT2D eigenvalue weighted by atomic mass is 10.0. The van der Waals surface area contributed by atoms with Crippen molar-refractivity contribution in [3.8, 4) is 11.3 Å². The van der Waals surface area contributed by atoms with Crippen LogP contribution in [0.15, 0.2) is 30.5 Å². The van der Waals surface area contributed by atoms with E-state index in [4.69, 9.17) is 4.74 Å². The first-order chi connectivity index (χ1) is 17.4. The molecule has 1 aliphatic carbocycles. The van der Waals surface area contributed by atoms with Crippen molar-refractivity contribution in [2.45, 2.75) is 45.1 Å². The number of halogens is 2. The minimum absolute atomic E-state index is 0.127. The molecule has 1 aromatic carbocycles. The van der Waals surface area contributed by atoms with E-state index >= 15 is 8.78 Å². The van der Waals surface area contributed by atoms with Crippen molar-refractivity contribution < 1.29 is 23.1 Å². The van der Waals surface area contributed by atoms with Gasteiger partial charge in [-0.15, -0.1) is 0 Å². The molecule has 36 heavy (non-hydrogen) atoms. The number of rotatable bonds is 5. The summed E-state index contributed by atoms with van der Waals surface area (Å²) in [6.45, 7) is 3.81. The molecule has 0 bridgehead atoms. The van der Waals surface area contributed by atoms with E-state index in [2.05, 4.69) is 4.98 Å². The number of aryl methyl sites for hydroxylation is 1. The molecule has 0 radical (unpaired) electrons. The van der Waals surface area contributed by atoms with Gasteiger partial charge in [-0.3, -0.25) is 9.59 Å². The molecule has 3 fully saturated rings. The monoisotopic (exact) mass is 494 g/mol. The number of benzene rings is 1. The molecular weight excluding hydrogens is 466 g/mol. The van der Waals surface area contributed by atoms with Gasteiger partial charge < -0.3 is 18.9 Å². The van der Waals surface area contributed by atoms with Crippen LogP contribution in [-0.2, 0) is 20.7 Å². The predicted octanol–water partition coefficient (Wildman–Crippen LogP) is 3.89. The second-order valence-electron chi connectivity index (χ2n) is 10.0. The fourth-order valence-electron chi connectivity index (χ4n) is 5.30. The smallest absolute Gasteiger partial charge is 0.227 e. The van der Waals surface area contributed by atoms with Crippen LogP contribution < -0.4 is 4.90 Å². The van der Waals surface area contributed by atoms with E-state index in [1.54, 1.807) is 0 Å². The van der Waals surface area contributed by atoms with Crippen molar-refractivity contribution in [1.82, 2.24) is 14.3 Å². The number of ether oxygens (including phenoxy) is 1. The van der Waals surface area contributed by atoms with Crippen LogP contribution in [0.2, 0.25) is 0 Å². The molecule has 2 aromatic heterocycles. The topological polar surface area (TPSA) is 67.2 Å². The summed E-state index contributed by atoms with van der Waals surface area (Å²) >= 11 is 0. The lowest BCUT2D eigenvalue weighted by Crippen LogP contribution is -2.47. The molecule has 1 unspecified atom stereocenters. The van der Waals surface area contributed by atoms with E-state index in [9.17, 15) is 9.59 Å². The second-order valence-corrected chi connectivity index (χ2v) is 10.0. The number of hydrogen-bond donors (Lipinski definition) is 0. The third-order valence-electron chi connectivity index (χ3n) is 7.33. The Labute approximate surface area is 207 Å². The summed E-state index contributed by atoms with van der Waals surface area (Å²) in [7, 11) is 0. The Bertz CT molecular complexity index is 1340. The molecule has 4 heterocycles. The minimum atomic E-state index is -0.763. The van der Waals surface area contributed by atoms with Crippen molar-refractivity contribution >= 4 is 23.1 Å². The van der Waals surface area contributed by atoms with Gasteiger partial charge in [-0.25, -0.2) is 13.8 Å². The van der Waals surface area contributed by atoms with Crippen molar-refractivity contribution in [2.24, 2.45) is 5.92 Å². The zero-order valence-electron chi connectivity index (χ0n) is 20.2. The van der Waals surface area contributed by atoms with E-state index in [1.165, 1.54) is 17.0 Å². The Morgan fingerprint density at radius 3 is 2.64 bits per heavy atom. The SMILES string of the molecule is Cc1ccn2c(CC3CN(C(=O)C4CC4)CCO3)c(-c3c(F)cc(N4CCCC4=O)cc3F)nc2c1. The third-order valence-corrected chi connectivity index (χ3v) is 7.33. The van der Waals surface area contributed by atoms with Gasteiger partial charge >= 0.3 is 0 Å². The molecule has 2 amide bonds. The highest BCUT2D eigenvalue weighted by atomic mass is 19.1. The van der Waals surface area contributed by atoms with Gasteiger partial charge in [0, 0.05) is 50.3 Å². The van der Waals surface area contributed by atoms with E-state index in [0.717, 1.165) is 18.4 Å². The van der Waals surface area contributed by atoms with Crippen LogP contribution in [0.25, 0.3) is 16.9 Å². The van der Waals surface area contributed by atoms with E-state index in [1.807, 2.05) is 34.6 Å². The van der Waals surface area contributed by atoms with Gasteiger partial charge in [-0.1, -0.05) is 0 Å². The highest BCUT2D eigenvalue weighted by Crippen LogP contribution is 2.35. The Morgan fingerprint density at radius 2 is 1.94 bits per heavy atom. The summed E-state index contributed by atoms with van der Waals surface area (Å²) < 4.78 is 38.8. The number of carbonyl (C=O) groups excluding carboxylic acids is 2. The maximum atomic E-state index is 15.5. The van der Waals surface area contributed by atoms with Crippen molar-refractivity contribution in [3.05, 3.63) is 53.4 Å². The number of morpholine rings is 1. The molecule has 188 valence electrons. The zero-order valence-corrected chi connectivity index (χ0v) is 20.2. The molecular formula is C27H28F2N4O3. The number of carbonyl (C=O) groups is 2. The number of nitrogens with zero attached hydrogens (tertiary/aromatic N) is 4. The third kappa shape index (κ3) is 4.15. The first kappa shape index (κ1) is 23.1. The van der Waals surface area contributed by atoms with Crippen LogP contribution >= 0.6 is 0 Å². The fourth-order valence-corrected chi connectivity index (χ4v) is 5.30. The summed E-state index contributed by atoms with van der Waals surface area (Å²) in [6, 6.07) is 6.22. The van der Waals surface area contributed by atoms with Crippen LogP contribution in [-0.4, -0.2) is 58.4 Å². The first-order valence-electron chi connectivity index (χ1n) is 12.6. The Balaban J connectivity index is 1.38. The summed E-state index contributed by atoms with van der Waals surface area (Å²) in [5.74, 6) is -1.36. The molecule has 1 atom stereocenters. The molecule has 1 saturated carbocycles. The number of imidazole rings is 1. The van der Waals surface area contributed by atoms with E-state index in [0.29, 0.717) is 56.8 Å². The molecule has 3 aliphatic rings. The largest absolute Gasteiger partial charge is 0.374 e. The average Bonchev–Trinajstić information content (AvgIpc) is 3.53. The van der Waals surface area contributed by atoms with Gasteiger partial charge in [0.25, 0.3) is 0 Å². The Hall–Kier alpha value is -3.33. The van der Waals surface area contributed by atoms with Gasteiger partial charge in [0.1, 0.15) is 17.3 Å². The molecule has 3 aromatic rings. The highest BCUT2D eigenvalue weighted by molar-refractivity contribution is 5.95. The molecule has 0 spiro atoms. The van der Waals surface area contributed by atoms with Gasteiger partial charge in [-0.2, -0.15) is 0 Å². The Kier molecular flexibility index (Phi) is 5.75. The van der Waals surface area contributed by atoms with Gasteiger partial charge in [0.2, 0.25) is 11.8 Å². The fraction of sp³-hybridized carbons (Fsp3) is 0.444. The van der Waals surface area contributed by atoms with Gasteiger partial charge in [0.15, 0.2) is 0 Å². The van der Waals surface area contributed by atoms with Crippen LogP contribution in [0.1, 0.15) is 36.9 Å². The lowest BCUT2D eigenvalue weighted by Gasteiger charge is -2.33. The van der Waals surface area contributed by atoms with Gasteiger partial charge in [-0.05, 0) is 56.0 Å². The number of aromatic nitrogens is 2. The maximum absolute atomic E-state index is 15.5. The van der Waals surface area contributed by atoms with Crippen LogP contribution in [0.4, 0.5) is 14.5 Å². The minimum Gasteiger partial charge on any atom is -0.374 e. The number of anilines is 1. The first-order valence-corrected chi connectivity index (χ1v) is 12.6. The summed E-state index contributed by atoms with van der Waals surface area (Å²) in [5, 5.41) is 0. The van der Waals surface area contributed by atoms with Crippen molar-refractivity contribution in [2.75, 3.05) is 31.1 Å². The van der Waals surface area contributed by atoms with Crippen molar-refractivity contribution in [1.29, 1.82) is 0 Å². The molecule has 0 N–H and O–H groups in total. The molecule has 6 rings (SSSR count). The molecule has 2 aliphatic heterocycles. The number of fused-ring (bicyclic) bond motifs is 1. The average molecular weight is 495 g/mol. The summed E-state index contributed by atoms with van der Waals surface area (Å²) in [5.41, 5.74) is 2.40.